The largest absolute Gasteiger partial charge is 0.481 e. The van der Waals surface area contributed by atoms with Crippen LogP contribution in [0.15, 0.2) is 18.2 Å². The van der Waals surface area contributed by atoms with Gasteiger partial charge in [0.25, 0.3) is 5.91 Å². The number of nitrogens with zero attached hydrogens (tertiary/aromatic N) is 1. The molecule has 25 heavy (non-hydrogen) atoms. The molecule has 1 unspecified atom stereocenters. The zero-order valence-corrected chi connectivity index (χ0v) is 14.8. The van der Waals surface area contributed by atoms with Crippen LogP contribution in [0, 0.1) is 12.8 Å². The van der Waals surface area contributed by atoms with Crippen molar-refractivity contribution in [3.8, 4) is 0 Å². The number of benzene rings is 1. The highest BCUT2D eigenvalue weighted by Crippen LogP contribution is 2.20. The molecule has 1 aliphatic heterocycles. The van der Waals surface area contributed by atoms with E-state index >= 15 is 0 Å². The summed E-state index contributed by atoms with van der Waals surface area (Å²) in [4.78, 5) is 37.3. The number of carbonyl (C=O) groups is 3. The van der Waals surface area contributed by atoms with E-state index in [9.17, 15) is 14.4 Å². The van der Waals surface area contributed by atoms with Crippen molar-refractivity contribution in [2.45, 2.75) is 39.7 Å². The molecular weight excluding hydrogens is 322 g/mol. The minimum Gasteiger partial charge on any atom is -0.481 e. The minimum atomic E-state index is -0.875. The molecule has 0 aromatic heterocycles. The first-order valence-electron chi connectivity index (χ1n) is 8.48. The van der Waals surface area contributed by atoms with Crippen molar-refractivity contribution in [3.63, 3.8) is 0 Å². The van der Waals surface area contributed by atoms with Crippen LogP contribution in [-0.2, 0) is 4.79 Å². The normalized spacial score (nSPS) is 17.3. The Morgan fingerprint density at radius 1 is 1.28 bits per heavy atom. The molecule has 0 radical (unpaired) electrons. The maximum Gasteiger partial charge on any atom is 0.321 e. The number of anilines is 1. The second kappa shape index (κ2) is 8.00. The number of carboxylic acids is 1. The van der Waals surface area contributed by atoms with E-state index in [-0.39, 0.29) is 24.5 Å². The number of piperidine rings is 1. The van der Waals surface area contributed by atoms with Gasteiger partial charge in [0.1, 0.15) is 0 Å². The number of nitrogens with one attached hydrogen (secondary N) is 2. The predicted molar refractivity (Wildman–Crippen MR) is 94.7 cm³/mol. The summed E-state index contributed by atoms with van der Waals surface area (Å²) in [6.07, 6.45) is 1.25. The highest BCUT2D eigenvalue weighted by Gasteiger charge is 2.28. The molecule has 0 spiro atoms. The lowest BCUT2D eigenvalue weighted by Gasteiger charge is -2.30. The molecule has 1 aromatic rings. The van der Waals surface area contributed by atoms with E-state index in [0.29, 0.717) is 30.6 Å². The van der Waals surface area contributed by atoms with Crippen LogP contribution >= 0.6 is 0 Å². The number of amides is 3. The van der Waals surface area contributed by atoms with Gasteiger partial charge in [0.05, 0.1) is 5.92 Å². The predicted octanol–water partition coefficient (Wildman–Crippen LogP) is 2.46. The minimum absolute atomic E-state index is 0.0199. The number of urea groups is 1. The Hall–Kier alpha value is -2.57. The van der Waals surface area contributed by atoms with Crippen LogP contribution in [0.25, 0.3) is 0 Å². The van der Waals surface area contributed by atoms with Crippen molar-refractivity contribution in [2.75, 3.05) is 18.4 Å². The zero-order valence-electron chi connectivity index (χ0n) is 14.8. The second-order valence-electron chi connectivity index (χ2n) is 6.71. The molecule has 1 aromatic carbocycles. The lowest BCUT2D eigenvalue weighted by Crippen LogP contribution is -2.44. The summed E-state index contributed by atoms with van der Waals surface area (Å²) in [7, 11) is 0. The van der Waals surface area contributed by atoms with E-state index in [1.165, 1.54) is 4.90 Å². The van der Waals surface area contributed by atoms with Crippen molar-refractivity contribution in [1.29, 1.82) is 0 Å². The van der Waals surface area contributed by atoms with Crippen LogP contribution in [0.4, 0.5) is 10.5 Å². The van der Waals surface area contributed by atoms with Gasteiger partial charge in [0.2, 0.25) is 0 Å². The van der Waals surface area contributed by atoms with E-state index in [4.69, 9.17) is 5.11 Å². The first-order valence-corrected chi connectivity index (χ1v) is 8.48. The number of carboxylic acid groups (broad SMARTS) is 1. The number of rotatable bonds is 4. The monoisotopic (exact) mass is 347 g/mol. The molecule has 1 aliphatic rings. The van der Waals surface area contributed by atoms with Crippen molar-refractivity contribution < 1.29 is 19.5 Å². The Labute approximate surface area is 147 Å². The molecule has 3 N–H and O–H groups in total. The maximum absolute atomic E-state index is 12.4. The van der Waals surface area contributed by atoms with Gasteiger partial charge >= 0.3 is 12.0 Å². The van der Waals surface area contributed by atoms with Gasteiger partial charge in [-0.15, -0.1) is 0 Å². The molecule has 136 valence electrons. The van der Waals surface area contributed by atoms with Gasteiger partial charge < -0.3 is 20.6 Å². The van der Waals surface area contributed by atoms with Crippen molar-refractivity contribution in [2.24, 2.45) is 5.92 Å². The Morgan fingerprint density at radius 3 is 2.64 bits per heavy atom. The molecule has 2 rings (SSSR count). The summed E-state index contributed by atoms with van der Waals surface area (Å²) >= 11 is 0. The molecular formula is C18H25N3O4. The molecule has 7 heteroatoms. The van der Waals surface area contributed by atoms with E-state index in [1.54, 1.807) is 18.2 Å². The molecule has 1 atom stereocenters. The highest BCUT2D eigenvalue weighted by atomic mass is 16.4. The van der Waals surface area contributed by atoms with Crippen LogP contribution in [0.3, 0.4) is 0 Å². The number of aryl methyl sites for hydroxylation is 1. The average Bonchev–Trinajstić information content (AvgIpc) is 2.56. The molecule has 0 aliphatic carbocycles. The smallest absolute Gasteiger partial charge is 0.321 e. The zero-order chi connectivity index (χ0) is 18.6. The molecule has 7 nitrogen and oxygen atoms in total. The maximum atomic E-state index is 12.4. The number of carbonyl (C=O) groups excluding carboxylic acids is 2. The first kappa shape index (κ1) is 18.8. The number of hydrogen-bond acceptors (Lipinski definition) is 3. The average molecular weight is 347 g/mol. The van der Waals surface area contributed by atoms with Crippen LogP contribution in [-0.4, -0.2) is 47.0 Å². The van der Waals surface area contributed by atoms with E-state index in [2.05, 4.69) is 10.6 Å². The summed E-state index contributed by atoms with van der Waals surface area (Å²) in [6.45, 7) is 6.33. The van der Waals surface area contributed by atoms with Gasteiger partial charge in [0, 0.05) is 30.4 Å². The number of hydrogen-bond donors (Lipinski definition) is 3. The summed E-state index contributed by atoms with van der Waals surface area (Å²) in [5, 5.41) is 14.7. The third kappa shape index (κ3) is 4.95. The molecule has 1 heterocycles. The third-order valence-electron chi connectivity index (χ3n) is 4.21. The summed E-state index contributed by atoms with van der Waals surface area (Å²) < 4.78 is 0. The Morgan fingerprint density at radius 2 is 2.00 bits per heavy atom. The first-order chi connectivity index (χ1) is 11.8. The number of aliphatic carboxylic acids is 1. The van der Waals surface area contributed by atoms with Crippen LogP contribution in [0.1, 0.15) is 42.6 Å². The van der Waals surface area contributed by atoms with Crippen LogP contribution in [0.5, 0.6) is 0 Å². The second-order valence-corrected chi connectivity index (χ2v) is 6.71. The van der Waals surface area contributed by atoms with Gasteiger partial charge in [-0.2, -0.15) is 0 Å². The van der Waals surface area contributed by atoms with E-state index in [0.717, 1.165) is 5.56 Å². The van der Waals surface area contributed by atoms with Crippen molar-refractivity contribution in [1.82, 2.24) is 10.2 Å². The SMILES string of the molecule is Cc1ccc(NC(=O)N2CCCC(C(=O)O)C2)cc1C(=O)NC(C)C. The van der Waals surface area contributed by atoms with E-state index in [1.807, 2.05) is 20.8 Å². The molecule has 0 bridgehead atoms. The highest BCUT2D eigenvalue weighted by molar-refractivity contribution is 5.98. The fourth-order valence-electron chi connectivity index (χ4n) is 2.85. The molecule has 1 saturated heterocycles. The Balaban J connectivity index is 2.08. The van der Waals surface area contributed by atoms with Gasteiger partial charge in [-0.3, -0.25) is 9.59 Å². The Bertz CT molecular complexity index is 672. The van der Waals surface area contributed by atoms with Gasteiger partial charge in [-0.1, -0.05) is 6.07 Å². The molecule has 3 amide bonds. The number of likely N-dealkylation sites (tertiary alicyclic amines) is 1. The molecule has 0 saturated carbocycles. The topological polar surface area (TPSA) is 98.7 Å². The van der Waals surface area contributed by atoms with Crippen LogP contribution in [0.2, 0.25) is 0 Å². The fraction of sp³-hybridized carbons (Fsp3) is 0.500. The molecule has 1 fully saturated rings. The van der Waals surface area contributed by atoms with E-state index < -0.39 is 11.9 Å². The summed E-state index contributed by atoms with van der Waals surface area (Å²) in [5.74, 6) is -1.59. The van der Waals surface area contributed by atoms with Crippen molar-refractivity contribution >= 4 is 23.6 Å². The lowest BCUT2D eigenvalue weighted by molar-refractivity contribution is -0.143. The summed E-state index contributed by atoms with van der Waals surface area (Å²) in [6, 6.07) is 4.83. The quantitative estimate of drug-likeness (QED) is 0.779. The van der Waals surface area contributed by atoms with Gasteiger partial charge in [0.15, 0.2) is 0 Å². The Kier molecular flexibility index (Phi) is 6.01. The fourth-order valence-corrected chi connectivity index (χ4v) is 2.85. The van der Waals surface area contributed by atoms with Crippen LogP contribution < -0.4 is 10.6 Å². The standard InChI is InChI=1S/C18H25N3O4/c1-11(2)19-16(22)15-9-14(7-6-12(15)3)20-18(25)21-8-4-5-13(10-21)17(23)24/h6-7,9,11,13H,4-5,8,10H2,1-3H3,(H,19,22)(H,20,25)(H,23,24). The summed E-state index contributed by atoms with van der Waals surface area (Å²) in [5.41, 5.74) is 1.84. The van der Waals surface area contributed by atoms with Gasteiger partial charge in [-0.05, 0) is 51.3 Å². The third-order valence-corrected chi connectivity index (χ3v) is 4.21. The van der Waals surface area contributed by atoms with Crippen molar-refractivity contribution in [3.05, 3.63) is 29.3 Å². The van der Waals surface area contributed by atoms with Gasteiger partial charge in [-0.25, -0.2) is 4.79 Å². The lowest BCUT2D eigenvalue weighted by atomic mass is 9.99.